The molecule has 0 aliphatic carbocycles. The molecule has 0 aromatic carbocycles. The summed E-state index contributed by atoms with van der Waals surface area (Å²) in [5.74, 6) is -0.909. The highest BCUT2D eigenvalue weighted by molar-refractivity contribution is 5.96. The molecule has 1 aliphatic rings. The monoisotopic (exact) mass is 364 g/mol. The van der Waals surface area contributed by atoms with E-state index >= 15 is 0 Å². The topological polar surface area (TPSA) is 99.9 Å². The molecule has 1 aliphatic heterocycles. The zero-order valence-corrected chi connectivity index (χ0v) is 15.7. The summed E-state index contributed by atoms with van der Waals surface area (Å²) in [6.07, 6.45) is 3.47. The lowest BCUT2D eigenvalue weighted by Crippen LogP contribution is -2.48. The van der Waals surface area contributed by atoms with E-state index in [4.69, 9.17) is 9.52 Å². The van der Waals surface area contributed by atoms with Gasteiger partial charge in [0, 0.05) is 37.5 Å². The number of likely N-dealkylation sites (tertiary alicyclic amines) is 1. The van der Waals surface area contributed by atoms with Gasteiger partial charge < -0.3 is 19.7 Å². The Morgan fingerprint density at radius 3 is 2.31 bits per heavy atom. The Kier molecular flexibility index (Phi) is 6.83. The van der Waals surface area contributed by atoms with Crippen molar-refractivity contribution in [2.75, 3.05) is 13.1 Å². The number of nitrogens with zero attached hydrogens (tertiary/aromatic N) is 1. The van der Waals surface area contributed by atoms with Crippen molar-refractivity contribution in [3.05, 3.63) is 23.2 Å². The van der Waals surface area contributed by atoms with Gasteiger partial charge in [-0.15, -0.1) is 0 Å². The molecule has 7 nitrogen and oxygen atoms in total. The highest BCUT2D eigenvalue weighted by Crippen LogP contribution is 2.19. The lowest BCUT2D eigenvalue weighted by atomic mass is 9.98. The fourth-order valence-electron chi connectivity index (χ4n) is 3.38. The molecule has 2 heterocycles. The van der Waals surface area contributed by atoms with Crippen LogP contribution in [0.4, 0.5) is 0 Å². The van der Waals surface area contributed by atoms with E-state index in [1.165, 1.54) is 6.07 Å². The Bertz CT molecular complexity index is 655. The standard InChI is InChI=1S/C19H28N2O5/c1-4-12(5-2)18(23)21-9-7-13(8-10-21)20-17(22)16-11-14(19(24)25)15(6-3)26-16/h11-13H,4-10H2,1-3H3,(H,20,22)(H,24,25). The Morgan fingerprint density at radius 2 is 1.85 bits per heavy atom. The Balaban J connectivity index is 1.92. The van der Waals surface area contributed by atoms with Gasteiger partial charge in [-0.25, -0.2) is 4.79 Å². The molecule has 0 spiro atoms. The third-order valence-electron chi connectivity index (χ3n) is 5.06. The molecule has 0 saturated carbocycles. The molecule has 0 radical (unpaired) electrons. The van der Waals surface area contributed by atoms with Crippen LogP contribution in [0, 0.1) is 5.92 Å². The maximum absolute atomic E-state index is 12.4. The quantitative estimate of drug-likeness (QED) is 0.775. The minimum absolute atomic E-state index is 0.0229. The molecule has 7 heteroatoms. The molecule has 1 aromatic heterocycles. The van der Waals surface area contributed by atoms with Gasteiger partial charge in [0.25, 0.3) is 5.91 Å². The summed E-state index contributed by atoms with van der Waals surface area (Å²) >= 11 is 0. The predicted octanol–water partition coefficient (Wildman–Crippen LogP) is 2.70. The van der Waals surface area contributed by atoms with Crippen molar-refractivity contribution in [2.24, 2.45) is 5.92 Å². The largest absolute Gasteiger partial charge is 0.478 e. The first-order chi connectivity index (χ1) is 12.4. The minimum atomic E-state index is -1.10. The third-order valence-corrected chi connectivity index (χ3v) is 5.06. The van der Waals surface area contributed by atoms with Crippen molar-refractivity contribution in [3.8, 4) is 0 Å². The van der Waals surface area contributed by atoms with Crippen LogP contribution >= 0.6 is 0 Å². The Hall–Kier alpha value is -2.31. The van der Waals surface area contributed by atoms with E-state index < -0.39 is 11.9 Å². The molecule has 1 aromatic rings. The summed E-state index contributed by atoms with van der Waals surface area (Å²) in [6.45, 7) is 7.08. The number of rotatable bonds is 7. The van der Waals surface area contributed by atoms with Crippen molar-refractivity contribution >= 4 is 17.8 Å². The highest BCUT2D eigenvalue weighted by Gasteiger charge is 2.28. The number of piperidine rings is 1. The number of hydrogen-bond acceptors (Lipinski definition) is 4. The summed E-state index contributed by atoms with van der Waals surface area (Å²) in [6, 6.07) is 1.24. The fourth-order valence-corrected chi connectivity index (χ4v) is 3.38. The third kappa shape index (κ3) is 4.45. The van der Waals surface area contributed by atoms with Crippen LogP contribution in [0.15, 0.2) is 10.5 Å². The summed E-state index contributed by atoms with van der Waals surface area (Å²) in [4.78, 5) is 37.8. The lowest BCUT2D eigenvalue weighted by Gasteiger charge is -2.34. The SMILES string of the molecule is CCc1oc(C(=O)NC2CCN(C(=O)C(CC)CC)CC2)cc1C(=O)O. The van der Waals surface area contributed by atoms with E-state index in [2.05, 4.69) is 5.32 Å². The van der Waals surface area contributed by atoms with E-state index in [0.717, 1.165) is 12.8 Å². The molecule has 2 rings (SSSR count). The molecule has 1 fully saturated rings. The van der Waals surface area contributed by atoms with Gasteiger partial charge in [-0.05, 0) is 25.7 Å². The normalized spacial score (nSPS) is 15.3. The van der Waals surface area contributed by atoms with Crippen LogP contribution in [0.3, 0.4) is 0 Å². The van der Waals surface area contributed by atoms with Crippen LogP contribution in [0.2, 0.25) is 0 Å². The van der Waals surface area contributed by atoms with Gasteiger partial charge in [-0.2, -0.15) is 0 Å². The van der Waals surface area contributed by atoms with Crippen LogP contribution in [0.5, 0.6) is 0 Å². The van der Waals surface area contributed by atoms with Crippen molar-refractivity contribution < 1.29 is 23.9 Å². The number of carbonyl (C=O) groups is 3. The smallest absolute Gasteiger partial charge is 0.339 e. The zero-order valence-electron chi connectivity index (χ0n) is 15.7. The lowest BCUT2D eigenvalue weighted by molar-refractivity contribution is -0.136. The molecule has 26 heavy (non-hydrogen) atoms. The first-order valence-electron chi connectivity index (χ1n) is 9.36. The second-order valence-corrected chi connectivity index (χ2v) is 6.69. The second-order valence-electron chi connectivity index (χ2n) is 6.69. The van der Waals surface area contributed by atoms with E-state index in [0.29, 0.717) is 38.1 Å². The number of aromatic carboxylic acids is 1. The van der Waals surface area contributed by atoms with Crippen molar-refractivity contribution in [1.82, 2.24) is 10.2 Å². The molecule has 2 N–H and O–H groups in total. The Labute approximate surface area is 153 Å². The van der Waals surface area contributed by atoms with Crippen LogP contribution in [0.25, 0.3) is 0 Å². The number of furan rings is 1. The number of carboxylic acid groups (broad SMARTS) is 1. The average Bonchev–Trinajstić information content (AvgIpc) is 3.08. The average molecular weight is 364 g/mol. The van der Waals surface area contributed by atoms with Gasteiger partial charge in [0.1, 0.15) is 11.3 Å². The molecule has 0 atom stereocenters. The predicted molar refractivity (Wildman–Crippen MR) is 96.2 cm³/mol. The molecular weight excluding hydrogens is 336 g/mol. The maximum atomic E-state index is 12.4. The fraction of sp³-hybridized carbons (Fsp3) is 0.632. The molecule has 1 saturated heterocycles. The van der Waals surface area contributed by atoms with Crippen molar-refractivity contribution in [3.63, 3.8) is 0 Å². The molecule has 0 bridgehead atoms. The molecule has 0 unspecified atom stereocenters. The van der Waals surface area contributed by atoms with Gasteiger partial charge in [-0.1, -0.05) is 20.8 Å². The first kappa shape index (κ1) is 20.0. The molecule has 2 amide bonds. The van der Waals surface area contributed by atoms with E-state index in [9.17, 15) is 14.4 Å². The minimum Gasteiger partial charge on any atom is -0.478 e. The number of aryl methyl sites for hydroxylation is 1. The van der Waals surface area contributed by atoms with Crippen LogP contribution in [-0.2, 0) is 11.2 Å². The van der Waals surface area contributed by atoms with E-state index in [1.807, 2.05) is 18.7 Å². The maximum Gasteiger partial charge on any atom is 0.339 e. The molecule has 144 valence electrons. The number of nitrogens with one attached hydrogen (secondary N) is 1. The number of amides is 2. The van der Waals surface area contributed by atoms with Crippen LogP contribution < -0.4 is 5.32 Å². The highest BCUT2D eigenvalue weighted by atomic mass is 16.4. The van der Waals surface area contributed by atoms with E-state index in [1.54, 1.807) is 6.92 Å². The van der Waals surface area contributed by atoms with Crippen LogP contribution in [-0.4, -0.2) is 46.9 Å². The summed E-state index contributed by atoms with van der Waals surface area (Å²) in [5.41, 5.74) is 0.0308. The number of carbonyl (C=O) groups excluding carboxylic acids is 2. The Morgan fingerprint density at radius 1 is 1.23 bits per heavy atom. The first-order valence-corrected chi connectivity index (χ1v) is 9.36. The number of hydrogen-bond donors (Lipinski definition) is 2. The van der Waals surface area contributed by atoms with Crippen molar-refractivity contribution in [2.45, 2.75) is 58.9 Å². The van der Waals surface area contributed by atoms with Crippen LogP contribution in [0.1, 0.15) is 73.1 Å². The summed E-state index contributed by atoms with van der Waals surface area (Å²) < 4.78 is 5.39. The summed E-state index contributed by atoms with van der Waals surface area (Å²) in [5, 5.41) is 12.0. The van der Waals surface area contributed by atoms with Gasteiger partial charge in [0.15, 0.2) is 5.76 Å². The van der Waals surface area contributed by atoms with Gasteiger partial charge in [0.05, 0.1) is 0 Å². The molecular formula is C19H28N2O5. The van der Waals surface area contributed by atoms with Crippen molar-refractivity contribution in [1.29, 1.82) is 0 Å². The van der Waals surface area contributed by atoms with E-state index in [-0.39, 0.29) is 29.2 Å². The second kappa shape index (κ2) is 8.87. The summed E-state index contributed by atoms with van der Waals surface area (Å²) in [7, 11) is 0. The van der Waals surface area contributed by atoms with Gasteiger partial charge in [-0.3, -0.25) is 9.59 Å². The van der Waals surface area contributed by atoms with Gasteiger partial charge in [0.2, 0.25) is 5.91 Å². The zero-order chi connectivity index (χ0) is 19.3. The van der Waals surface area contributed by atoms with Gasteiger partial charge >= 0.3 is 5.97 Å². The number of carboxylic acids is 1.